The summed E-state index contributed by atoms with van der Waals surface area (Å²) in [5.74, 6) is 4.20. The van der Waals surface area contributed by atoms with Gasteiger partial charge in [-0.15, -0.1) is 11.6 Å². The summed E-state index contributed by atoms with van der Waals surface area (Å²) in [7, 11) is 2.35. The first-order valence-corrected chi connectivity index (χ1v) is 26.5. The second kappa shape index (κ2) is 25.4. The van der Waals surface area contributed by atoms with E-state index in [1.807, 2.05) is 43.4 Å². The lowest BCUT2D eigenvalue weighted by Crippen LogP contribution is -2.30. The number of ketones is 2. The number of epoxide rings is 1. The maximum Gasteiger partial charge on any atom is 0.231 e. The summed E-state index contributed by atoms with van der Waals surface area (Å²) < 4.78 is 50.0. The Morgan fingerprint density at radius 1 is 0.763 bits per heavy atom. The largest absolute Gasteiger partial charge is 0.454 e. The lowest BCUT2D eigenvalue weighted by molar-refractivity contribution is -0.121. The van der Waals surface area contributed by atoms with E-state index in [1.54, 1.807) is 0 Å². The molecule has 12 rings (SSSR count). The molecule has 3 atom stereocenters. The summed E-state index contributed by atoms with van der Waals surface area (Å²) >= 11 is 5.27. The molecule has 2 aromatic heterocycles. The Morgan fingerprint density at radius 3 is 1.74 bits per heavy atom. The van der Waals surface area contributed by atoms with Gasteiger partial charge in [0.15, 0.2) is 23.0 Å². The molecule has 0 radical (unpaired) electrons. The topological polar surface area (TPSA) is 146 Å². The molecule has 4 fully saturated rings. The molecule has 12 nitrogen and oxygen atoms in total. The van der Waals surface area contributed by atoms with E-state index in [0.29, 0.717) is 45.1 Å². The van der Waals surface area contributed by atoms with Crippen LogP contribution in [-0.2, 0) is 60.1 Å². The van der Waals surface area contributed by atoms with Gasteiger partial charge in [-0.2, -0.15) is 0 Å². The number of aromatic amines is 1. The molecule has 2 aliphatic carbocycles. The number of Topliss-reactive ketones (excluding diaryl/α,β-unsaturated/α-hetero) is 2. The fourth-order valence-corrected chi connectivity index (χ4v) is 10.0. The van der Waals surface area contributed by atoms with E-state index >= 15 is 0 Å². The van der Waals surface area contributed by atoms with Crippen LogP contribution in [0.4, 0.5) is 4.39 Å². The Labute approximate surface area is 456 Å². The second-order valence-electron chi connectivity index (χ2n) is 22.1. The molecule has 6 aromatic rings. The van der Waals surface area contributed by atoms with Gasteiger partial charge in [-0.05, 0) is 134 Å². The number of benzene rings is 4. The number of aromatic nitrogens is 2. The first-order valence-electron chi connectivity index (χ1n) is 26.5. The molecule has 0 amide bonds. The van der Waals surface area contributed by atoms with Crippen molar-refractivity contribution in [3.8, 4) is 23.0 Å². The fourth-order valence-electron chi connectivity index (χ4n) is 9.83. The lowest BCUT2D eigenvalue weighted by atomic mass is 9.87. The number of ether oxygens (including phenoxy) is 6. The highest BCUT2D eigenvalue weighted by Crippen LogP contribution is 2.53. The minimum absolute atomic E-state index is 0. The van der Waals surface area contributed by atoms with Crippen molar-refractivity contribution in [2.45, 2.75) is 148 Å². The van der Waals surface area contributed by atoms with Crippen molar-refractivity contribution in [2.24, 2.45) is 0 Å². The second-order valence-corrected chi connectivity index (χ2v) is 22.4. The maximum absolute atomic E-state index is 13.5. The van der Waals surface area contributed by atoms with Crippen LogP contribution < -0.4 is 24.3 Å². The maximum atomic E-state index is 13.5. The monoisotopic (exact) mass is 1070 g/mol. The van der Waals surface area contributed by atoms with Gasteiger partial charge in [-0.25, -0.2) is 0 Å². The molecule has 6 heterocycles. The first kappa shape index (κ1) is 58.2. The van der Waals surface area contributed by atoms with Crippen LogP contribution in [0.2, 0.25) is 0 Å². The summed E-state index contributed by atoms with van der Waals surface area (Å²) in [6.07, 6.45) is 6.37. The quantitative estimate of drug-likeness (QED) is 0.0755. The molecule has 4 aliphatic heterocycles. The Kier molecular flexibility index (Phi) is 19.4. The Bertz CT molecular complexity index is 2940. The molecule has 6 aliphatic rings. The number of carbonyl (C=O) groups excluding carboxylic acids is 2. The van der Waals surface area contributed by atoms with Gasteiger partial charge < -0.3 is 48.4 Å². The fraction of sp³-hybridized carbons (Fsp3) is 0.516. The molecule has 14 heteroatoms. The predicted molar refractivity (Wildman–Crippen MR) is 303 cm³/mol. The van der Waals surface area contributed by atoms with Crippen molar-refractivity contribution in [1.82, 2.24) is 14.9 Å². The molecule has 4 aromatic carbocycles. The third kappa shape index (κ3) is 14.0. The zero-order valence-corrected chi connectivity index (χ0v) is 45.1. The molecule has 0 bridgehead atoms. The molecular formula is C62H83ClFN3O9. The van der Waals surface area contributed by atoms with Crippen molar-refractivity contribution in [3.63, 3.8) is 0 Å². The van der Waals surface area contributed by atoms with Gasteiger partial charge in [0.05, 0.1) is 50.6 Å². The minimum atomic E-state index is -0.473. The number of carbonyl (C=O) groups is 2. The van der Waals surface area contributed by atoms with Crippen LogP contribution in [0.15, 0.2) is 84.9 Å². The molecule has 2 saturated carbocycles. The highest BCUT2D eigenvalue weighted by Gasteiger charge is 2.52. The van der Waals surface area contributed by atoms with E-state index < -0.39 is 11.5 Å². The van der Waals surface area contributed by atoms with Gasteiger partial charge in [0.25, 0.3) is 0 Å². The number of likely N-dealkylation sites (N-methyl/N-ethyl adjacent to an activating group) is 1. The van der Waals surface area contributed by atoms with Crippen LogP contribution in [0, 0.1) is 0 Å². The Morgan fingerprint density at radius 2 is 1.30 bits per heavy atom. The smallest absolute Gasteiger partial charge is 0.231 e. The van der Waals surface area contributed by atoms with Crippen molar-refractivity contribution in [3.05, 3.63) is 119 Å². The van der Waals surface area contributed by atoms with E-state index in [0.717, 1.165) is 113 Å². The van der Waals surface area contributed by atoms with E-state index in [4.69, 9.17) is 41.4 Å². The minimum Gasteiger partial charge on any atom is -0.454 e. The average molecular weight is 1070 g/mol. The standard InChI is InChI=1S/C28H34N2O4.C24H25NO3.C4H8O.C3H5ClO.CH3F.2CH4/c1-27(2,3)25-13-19-11-18(5-7-22(19)30(25)16-21(31)15-29-4)12-26(32)28(9-10-28)20-6-8-23-24(14-20)34-17-33-23;1-23(2,3)21-12-16-10-15(4-6-18(16)25-21)11-22(26)24(8-9-24)17-5-7-19-20(13-17)28-14-27-19;1-2-4-5-3-1;4-1-3-2-5-3;1-2;;/h5-8,11,13-14,21,29,31H,9-10,12,15-17H2,1-4H3;4-7,10,12-13,25H,8-9,11,14H2,1-3H3;1-4H2;3H,1-2H2;1H3;2*1H4/i;;3D;;;;. The number of fused-ring (bicyclic) bond motifs is 4. The summed E-state index contributed by atoms with van der Waals surface area (Å²) in [5.41, 5.74) is 8.04. The van der Waals surface area contributed by atoms with E-state index in [9.17, 15) is 19.1 Å². The molecule has 3 N–H and O–H groups in total. The summed E-state index contributed by atoms with van der Waals surface area (Å²) in [5, 5.41) is 15.8. The number of H-pyrrole nitrogens is 1. The van der Waals surface area contributed by atoms with Gasteiger partial charge in [0.1, 0.15) is 11.6 Å². The van der Waals surface area contributed by atoms with Crippen LogP contribution in [0.3, 0.4) is 0 Å². The van der Waals surface area contributed by atoms with Crippen molar-refractivity contribution >= 4 is 45.0 Å². The summed E-state index contributed by atoms with van der Waals surface area (Å²) in [6, 6.07) is 28.8. The third-order valence-electron chi connectivity index (χ3n) is 14.5. The molecule has 414 valence electrons. The normalized spacial score (nSPS) is 19.1. The lowest BCUT2D eigenvalue weighted by Gasteiger charge is -2.23. The van der Waals surface area contributed by atoms with Gasteiger partial charge in [-0.3, -0.25) is 14.0 Å². The molecular weight excluding hydrogens is 985 g/mol. The number of aliphatic hydroxyl groups is 1. The van der Waals surface area contributed by atoms with E-state index in [2.05, 4.69) is 105 Å². The zero-order valence-electron chi connectivity index (χ0n) is 45.3. The SMILES string of the molecule is C.C.CC(C)(C)c1cc2cc(CC(=O)C3(c4ccc5c(c4)OCO5)CC3)ccc2[nH]1.CF.CNCC(O)Cn1c(C(C)(C)C)cc2cc(CC(=O)C3(c4ccc5c(c4)OCO5)CC3)ccc21.ClCC1CO1.[2H]C1CCCO1. The van der Waals surface area contributed by atoms with E-state index in [-0.39, 0.29) is 62.8 Å². The Balaban J connectivity index is 0.000000200. The number of hydrogen-bond donors (Lipinski definition) is 3. The molecule has 2 saturated heterocycles. The summed E-state index contributed by atoms with van der Waals surface area (Å²) in [4.78, 5) is 30.2. The van der Waals surface area contributed by atoms with Crippen LogP contribution in [0.1, 0.15) is 130 Å². The number of nitrogens with zero attached hydrogens (tertiary/aromatic N) is 1. The molecule has 0 spiro atoms. The average Bonchev–Trinajstić information content (AvgIpc) is 4.33. The predicted octanol–water partition coefficient (Wildman–Crippen LogP) is 12.4. The molecule has 3 unspecified atom stereocenters. The highest BCUT2D eigenvalue weighted by molar-refractivity contribution is 6.18. The van der Waals surface area contributed by atoms with Gasteiger partial charge >= 0.3 is 0 Å². The van der Waals surface area contributed by atoms with Crippen LogP contribution in [-0.4, -0.2) is 98.5 Å². The van der Waals surface area contributed by atoms with Crippen LogP contribution in [0.25, 0.3) is 21.8 Å². The van der Waals surface area contributed by atoms with Crippen molar-refractivity contribution in [1.29, 1.82) is 0 Å². The van der Waals surface area contributed by atoms with Crippen molar-refractivity contribution in [2.75, 3.05) is 60.0 Å². The number of aliphatic hydroxyl groups excluding tert-OH is 1. The number of nitrogens with one attached hydrogen (secondary N) is 2. The third-order valence-corrected chi connectivity index (χ3v) is 14.8. The van der Waals surface area contributed by atoms with E-state index in [1.165, 1.54) is 16.8 Å². The number of alkyl halides is 2. The van der Waals surface area contributed by atoms with Crippen LogP contribution in [0.5, 0.6) is 23.0 Å². The van der Waals surface area contributed by atoms with Crippen LogP contribution >= 0.6 is 11.6 Å². The van der Waals surface area contributed by atoms with Crippen molar-refractivity contribution < 1.29 is 48.9 Å². The van der Waals surface area contributed by atoms with Gasteiger partial charge in [0.2, 0.25) is 13.6 Å². The number of rotatable bonds is 13. The Hall–Kier alpha value is -5.44. The number of hydrogen-bond acceptors (Lipinski definition) is 10. The zero-order chi connectivity index (χ0) is 53.7. The van der Waals surface area contributed by atoms with Gasteiger partial charge in [0, 0.05) is 71.2 Å². The first-order chi connectivity index (χ1) is 35.9. The van der Waals surface area contributed by atoms with Gasteiger partial charge in [-0.1, -0.05) is 80.7 Å². The molecule has 76 heavy (non-hydrogen) atoms. The summed E-state index contributed by atoms with van der Waals surface area (Å²) in [6.45, 7) is 16.2. The number of halogens is 2. The highest BCUT2D eigenvalue weighted by atomic mass is 35.5.